The molecule has 2 heterocycles. The number of anilines is 1. The Balaban J connectivity index is 1.67. The third-order valence-corrected chi connectivity index (χ3v) is 6.37. The fraction of sp³-hybridized carbons (Fsp3) is 0.250. The number of amides is 1. The summed E-state index contributed by atoms with van der Waals surface area (Å²) in [6.45, 7) is 2.79. The van der Waals surface area contributed by atoms with Crippen molar-refractivity contribution in [1.29, 1.82) is 0 Å². The van der Waals surface area contributed by atoms with E-state index in [1.54, 1.807) is 28.8 Å². The van der Waals surface area contributed by atoms with Crippen molar-refractivity contribution in [2.24, 2.45) is 0 Å². The molecule has 0 fully saturated rings. The van der Waals surface area contributed by atoms with Crippen molar-refractivity contribution in [1.82, 2.24) is 9.55 Å². The van der Waals surface area contributed by atoms with Gasteiger partial charge >= 0.3 is 0 Å². The minimum atomic E-state index is -0.208. The average molecular weight is 444 g/mol. The minimum absolute atomic E-state index is 0.0261. The second-order valence-electron chi connectivity index (χ2n) is 6.57. The first-order valence-corrected chi connectivity index (χ1v) is 10.4. The summed E-state index contributed by atoms with van der Waals surface area (Å²) in [7, 11) is 0. The van der Waals surface area contributed by atoms with E-state index in [1.807, 2.05) is 30.3 Å². The largest absolute Gasteiger partial charge is 0.310 e. The second-order valence-corrected chi connectivity index (χ2v) is 8.97. The first-order chi connectivity index (χ1) is 13.0. The maximum atomic E-state index is 13.1. The molecule has 4 rings (SSSR count). The molecule has 0 unspecified atom stereocenters. The molecule has 1 atom stereocenters. The lowest BCUT2D eigenvalue weighted by Crippen LogP contribution is -2.37. The van der Waals surface area contributed by atoms with Crippen LogP contribution >= 0.6 is 27.7 Å². The topological polar surface area (TPSA) is 55.2 Å². The van der Waals surface area contributed by atoms with Crippen molar-refractivity contribution < 1.29 is 4.79 Å². The molecule has 5 nitrogen and oxygen atoms in total. The van der Waals surface area contributed by atoms with E-state index in [0.717, 1.165) is 21.5 Å². The second kappa shape index (κ2) is 7.48. The van der Waals surface area contributed by atoms with Crippen LogP contribution in [0.15, 0.2) is 63.0 Å². The molecule has 138 valence electrons. The van der Waals surface area contributed by atoms with E-state index in [4.69, 9.17) is 0 Å². The van der Waals surface area contributed by atoms with Gasteiger partial charge < -0.3 is 4.90 Å². The van der Waals surface area contributed by atoms with E-state index >= 15 is 0 Å². The SMILES string of the molecule is C[C@@H]1CCN(C(=O)Cn2cnc3ccc(Br)cc3c2=O)c2ccccc2S1. The van der Waals surface area contributed by atoms with E-state index in [0.29, 0.717) is 22.7 Å². The van der Waals surface area contributed by atoms with Crippen molar-refractivity contribution >= 4 is 50.2 Å². The normalized spacial score (nSPS) is 16.8. The standard InChI is InChI=1S/C20H18BrN3O2S/c1-13-8-9-24(17-4-2-3-5-18(17)27-13)19(25)11-23-12-22-16-7-6-14(21)10-15(16)20(23)26/h2-7,10,12-13H,8-9,11H2,1H3/t13-/m1/s1. The molecule has 0 N–H and O–H groups in total. The molecule has 0 aliphatic carbocycles. The van der Waals surface area contributed by atoms with Gasteiger partial charge in [-0.3, -0.25) is 14.2 Å². The van der Waals surface area contributed by atoms with Crippen LogP contribution in [0.3, 0.4) is 0 Å². The Morgan fingerprint density at radius 2 is 2.11 bits per heavy atom. The van der Waals surface area contributed by atoms with E-state index in [9.17, 15) is 9.59 Å². The Bertz CT molecular complexity index is 1080. The number of carbonyl (C=O) groups is 1. The number of nitrogens with zero attached hydrogens (tertiary/aromatic N) is 3. The van der Waals surface area contributed by atoms with E-state index < -0.39 is 0 Å². The molecule has 1 aliphatic rings. The summed E-state index contributed by atoms with van der Waals surface area (Å²) in [6, 6.07) is 13.3. The summed E-state index contributed by atoms with van der Waals surface area (Å²) in [6.07, 6.45) is 2.36. The lowest BCUT2D eigenvalue weighted by Gasteiger charge is -2.23. The number of thioether (sulfide) groups is 1. The summed E-state index contributed by atoms with van der Waals surface area (Å²) < 4.78 is 2.20. The molecule has 0 saturated heterocycles. The van der Waals surface area contributed by atoms with Crippen LogP contribution in [0.2, 0.25) is 0 Å². The number of para-hydroxylation sites is 1. The maximum Gasteiger partial charge on any atom is 0.261 e. The summed E-state index contributed by atoms with van der Waals surface area (Å²) in [5, 5.41) is 0.937. The number of hydrogen-bond acceptors (Lipinski definition) is 4. The van der Waals surface area contributed by atoms with Gasteiger partial charge in [0.05, 0.1) is 22.9 Å². The fourth-order valence-electron chi connectivity index (χ4n) is 3.22. The molecule has 0 saturated carbocycles. The predicted molar refractivity (Wildman–Crippen MR) is 112 cm³/mol. The Morgan fingerprint density at radius 1 is 1.30 bits per heavy atom. The highest BCUT2D eigenvalue weighted by molar-refractivity contribution is 9.10. The Hall–Kier alpha value is -2.12. The van der Waals surface area contributed by atoms with Crippen LogP contribution in [0.5, 0.6) is 0 Å². The number of benzene rings is 2. The smallest absolute Gasteiger partial charge is 0.261 e. The van der Waals surface area contributed by atoms with Gasteiger partial charge in [0.1, 0.15) is 6.54 Å². The van der Waals surface area contributed by atoms with Gasteiger partial charge in [-0.25, -0.2) is 4.98 Å². The molecule has 1 amide bonds. The fourth-order valence-corrected chi connectivity index (χ4v) is 4.69. The van der Waals surface area contributed by atoms with Gasteiger partial charge in [-0.15, -0.1) is 11.8 Å². The number of carbonyl (C=O) groups excluding carboxylic acids is 1. The molecular formula is C20H18BrN3O2S. The van der Waals surface area contributed by atoms with Gasteiger partial charge in [0, 0.05) is 21.2 Å². The summed E-state index contributed by atoms with van der Waals surface area (Å²) in [5.41, 5.74) is 1.33. The van der Waals surface area contributed by atoms with Crippen LogP contribution in [0.25, 0.3) is 10.9 Å². The monoisotopic (exact) mass is 443 g/mol. The number of rotatable bonds is 2. The predicted octanol–water partition coefficient (Wildman–Crippen LogP) is 4.08. The van der Waals surface area contributed by atoms with Gasteiger partial charge in [-0.1, -0.05) is 35.0 Å². The summed E-state index contributed by atoms with van der Waals surface area (Å²) >= 11 is 5.17. The molecule has 27 heavy (non-hydrogen) atoms. The molecule has 1 aliphatic heterocycles. The number of fused-ring (bicyclic) bond motifs is 2. The third kappa shape index (κ3) is 3.66. The lowest BCUT2D eigenvalue weighted by molar-refractivity contribution is -0.119. The summed E-state index contributed by atoms with van der Waals surface area (Å²) in [5.74, 6) is -0.101. The van der Waals surface area contributed by atoms with Crippen LogP contribution < -0.4 is 10.5 Å². The lowest BCUT2D eigenvalue weighted by atomic mass is 10.2. The molecule has 1 aromatic heterocycles. The molecule has 0 spiro atoms. The Morgan fingerprint density at radius 3 is 2.96 bits per heavy atom. The molecule has 0 radical (unpaired) electrons. The first-order valence-electron chi connectivity index (χ1n) is 8.73. The van der Waals surface area contributed by atoms with E-state index in [-0.39, 0.29) is 18.0 Å². The first kappa shape index (κ1) is 18.3. The van der Waals surface area contributed by atoms with Crippen LogP contribution in [-0.4, -0.2) is 27.3 Å². The van der Waals surface area contributed by atoms with Crippen molar-refractivity contribution in [2.45, 2.75) is 30.0 Å². The van der Waals surface area contributed by atoms with Gasteiger partial charge in [0.2, 0.25) is 5.91 Å². The zero-order chi connectivity index (χ0) is 19.0. The van der Waals surface area contributed by atoms with Crippen molar-refractivity contribution in [2.75, 3.05) is 11.4 Å². The third-order valence-electron chi connectivity index (χ3n) is 4.64. The van der Waals surface area contributed by atoms with E-state index in [1.165, 1.54) is 10.9 Å². The highest BCUT2D eigenvalue weighted by Gasteiger charge is 2.24. The molecular weight excluding hydrogens is 426 g/mol. The Labute approximate surface area is 169 Å². The van der Waals surface area contributed by atoms with Gasteiger partial charge in [-0.05, 0) is 36.8 Å². The molecule has 2 aromatic carbocycles. The van der Waals surface area contributed by atoms with E-state index in [2.05, 4.69) is 27.8 Å². The minimum Gasteiger partial charge on any atom is -0.310 e. The van der Waals surface area contributed by atoms with Gasteiger partial charge in [0.25, 0.3) is 5.56 Å². The number of halogens is 1. The van der Waals surface area contributed by atoms with Crippen molar-refractivity contribution in [3.63, 3.8) is 0 Å². The Kier molecular flexibility index (Phi) is 5.06. The average Bonchev–Trinajstić information content (AvgIpc) is 2.82. The molecule has 7 heteroatoms. The van der Waals surface area contributed by atoms with Crippen LogP contribution in [0.4, 0.5) is 5.69 Å². The maximum absolute atomic E-state index is 13.1. The number of aromatic nitrogens is 2. The van der Waals surface area contributed by atoms with Gasteiger partial charge in [-0.2, -0.15) is 0 Å². The van der Waals surface area contributed by atoms with Crippen molar-refractivity contribution in [3.05, 3.63) is 63.6 Å². The highest BCUT2D eigenvalue weighted by Crippen LogP contribution is 2.37. The van der Waals surface area contributed by atoms with Gasteiger partial charge in [0.15, 0.2) is 0 Å². The molecule has 0 bridgehead atoms. The zero-order valence-corrected chi connectivity index (χ0v) is 17.2. The number of hydrogen-bond donors (Lipinski definition) is 0. The van der Waals surface area contributed by atoms with Crippen LogP contribution in [0, 0.1) is 0 Å². The quantitative estimate of drug-likeness (QED) is 0.598. The van der Waals surface area contributed by atoms with Crippen LogP contribution in [0.1, 0.15) is 13.3 Å². The molecule has 3 aromatic rings. The van der Waals surface area contributed by atoms with Crippen molar-refractivity contribution in [3.8, 4) is 0 Å². The summed E-state index contributed by atoms with van der Waals surface area (Å²) in [4.78, 5) is 33.1. The zero-order valence-electron chi connectivity index (χ0n) is 14.8. The van der Waals surface area contributed by atoms with Crippen LogP contribution in [-0.2, 0) is 11.3 Å². The highest BCUT2D eigenvalue weighted by atomic mass is 79.9.